The van der Waals surface area contributed by atoms with Crippen molar-refractivity contribution in [1.82, 2.24) is 9.97 Å². The molecule has 19 heavy (non-hydrogen) atoms. The van der Waals surface area contributed by atoms with Crippen LogP contribution >= 0.6 is 0 Å². The molecule has 5 nitrogen and oxygen atoms in total. The molecule has 0 fully saturated rings. The van der Waals surface area contributed by atoms with Crippen molar-refractivity contribution in [2.75, 3.05) is 5.32 Å². The second-order valence-corrected chi connectivity index (χ2v) is 6.18. The van der Waals surface area contributed by atoms with Gasteiger partial charge in [-0.05, 0) is 18.4 Å². The van der Waals surface area contributed by atoms with E-state index in [-0.39, 0.29) is 5.41 Å². The van der Waals surface area contributed by atoms with Crippen molar-refractivity contribution in [3.05, 3.63) is 18.0 Å². The standard InChI is InChI=1S/C14H23N3O2/c1-9(2)8-10(12(18)19)16-13-15-7-6-11(17-13)14(3,4)5/h6-7,9-10H,8H2,1-5H3,(H,18,19)(H,15,16,17)/t10-/m1/s1. The van der Waals surface area contributed by atoms with E-state index in [0.29, 0.717) is 18.3 Å². The van der Waals surface area contributed by atoms with E-state index in [0.717, 1.165) is 5.69 Å². The van der Waals surface area contributed by atoms with Crippen LogP contribution in [-0.2, 0) is 10.2 Å². The quantitative estimate of drug-likeness (QED) is 0.856. The minimum absolute atomic E-state index is 0.0872. The van der Waals surface area contributed by atoms with Crippen molar-refractivity contribution in [2.45, 2.75) is 52.5 Å². The molecule has 5 heteroatoms. The lowest BCUT2D eigenvalue weighted by molar-refractivity contribution is -0.138. The Hall–Kier alpha value is -1.65. The van der Waals surface area contributed by atoms with Crippen LogP contribution in [0.1, 0.15) is 46.7 Å². The van der Waals surface area contributed by atoms with Crippen molar-refractivity contribution in [3.63, 3.8) is 0 Å². The number of aliphatic carboxylic acids is 1. The molecule has 0 spiro atoms. The van der Waals surface area contributed by atoms with Crippen LogP contribution in [0.2, 0.25) is 0 Å². The Morgan fingerprint density at radius 3 is 2.53 bits per heavy atom. The average Bonchev–Trinajstić information content (AvgIpc) is 2.26. The average molecular weight is 265 g/mol. The monoisotopic (exact) mass is 265 g/mol. The molecule has 0 radical (unpaired) electrons. The molecule has 0 saturated heterocycles. The third-order valence-corrected chi connectivity index (χ3v) is 2.73. The lowest BCUT2D eigenvalue weighted by Crippen LogP contribution is -2.31. The summed E-state index contributed by atoms with van der Waals surface area (Å²) in [5.74, 6) is -0.210. The van der Waals surface area contributed by atoms with Crippen LogP contribution in [0.3, 0.4) is 0 Å². The SMILES string of the molecule is CC(C)C[C@@H](Nc1nccc(C(C)(C)C)n1)C(=O)O. The number of rotatable bonds is 5. The predicted octanol–water partition coefficient (Wildman–Crippen LogP) is 2.69. The second-order valence-electron chi connectivity index (χ2n) is 6.18. The Kier molecular flexibility index (Phi) is 4.86. The first kappa shape index (κ1) is 15.4. The fraction of sp³-hybridized carbons (Fsp3) is 0.643. The number of carboxylic acid groups (broad SMARTS) is 1. The van der Waals surface area contributed by atoms with Gasteiger partial charge in [0.25, 0.3) is 0 Å². The van der Waals surface area contributed by atoms with Crippen molar-refractivity contribution in [3.8, 4) is 0 Å². The molecule has 0 amide bonds. The summed E-state index contributed by atoms with van der Waals surface area (Å²) in [7, 11) is 0. The second kappa shape index (κ2) is 5.99. The largest absolute Gasteiger partial charge is 0.480 e. The highest BCUT2D eigenvalue weighted by atomic mass is 16.4. The van der Waals surface area contributed by atoms with Gasteiger partial charge in [0.15, 0.2) is 0 Å². The third-order valence-electron chi connectivity index (χ3n) is 2.73. The van der Waals surface area contributed by atoms with Gasteiger partial charge >= 0.3 is 5.97 Å². The van der Waals surface area contributed by atoms with Crippen molar-refractivity contribution < 1.29 is 9.90 Å². The molecular weight excluding hydrogens is 242 g/mol. The van der Waals surface area contributed by atoms with Crippen LogP contribution in [0.25, 0.3) is 0 Å². The lowest BCUT2D eigenvalue weighted by atomic mass is 9.92. The zero-order valence-electron chi connectivity index (χ0n) is 12.3. The van der Waals surface area contributed by atoms with Gasteiger partial charge in [-0.1, -0.05) is 34.6 Å². The third kappa shape index (κ3) is 4.85. The van der Waals surface area contributed by atoms with Gasteiger partial charge in [-0.25, -0.2) is 14.8 Å². The van der Waals surface area contributed by atoms with E-state index in [4.69, 9.17) is 0 Å². The minimum Gasteiger partial charge on any atom is -0.480 e. The normalized spacial score (nSPS) is 13.4. The number of nitrogens with zero attached hydrogens (tertiary/aromatic N) is 2. The van der Waals surface area contributed by atoms with Crippen molar-refractivity contribution in [2.24, 2.45) is 5.92 Å². The lowest BCUT2D eigenvalue weighted by Gasteiger charge is -2.20. The molecule has 0 aromatic carbocycles. The first-order chi connectivity index (χ1) is 8.70. The summed E-state index contributed by atoms with van der Waals surface area (Å²) in [5, 5.41) is 12.1. The van der Waals surface area contributed by atoms with E-state index >= 15 is 0 Å². The molecule has 1 atom stereocenters. The van der Waals surface area contributed by atoms with Crippen LogP contribution in [0, 0.1) is 5.92 Å². The minimum atomic E-state index is -0.876. The number of hydrogen-bond acceptors (Lipinski definition) is 4. The molecule has 0 bridgehead atoms. The van der Waals surface area contributed by atoms with E-state index in [9.17, 15) is 9.90 Å². The maximum Gasteiger partial charge on any atom is 0.326 e. The van der Waals surface area contributed by atoms with Crippen molar-refractivity contribution >= 4 is 11.9 Å². The number of aromatic nitrogens is 2. The number of carbonyl (C=O) groups is 1. The molecule has 0 aliphatic rings. The van der Waals surface area contributed by atoms with Gasteiger partial charge < -0.3 is 10.4 Å². The van der Waals surface area contributed by atoms with E-state index in [1.54, 1.807) is 6.20 Å². The fourth-order valence-electron chi connectivity index (χ4n) is 1.69. The summed E-state index contributed by atoms with van der Waals surface area (Å²) in [6.45, 7) is 10.2. The van der Waals surface area contributed by atoms with Crippen LogP contribution in [0.5, 0.6) is 0 Å². The fourth-order valence-corrected chi connectivity index (χ4v) is 1.69. The number of anilines is 1. The Balaban J connectivity index is 2.88. The first-order valence-corrected chi connectivity index (χ1v) is 6.53. The molecule has 1 heterocycles. The summed E-state index contributed by atoms with van der Waals surface area (Å²) < 4.78 is 0. The van der Waals surface area contributed by atoms with Crippen molar-refractivity contribution in [1.29, 1.82) is 0 Å². The van der Waals surface area contributed by atoms with E-state index in [1.807, 2.05) is 19.9 Å². The highest BCUT2D eigenvalue weighted by Crippen LogP contribution is 2.20. The number of carboxylic acids is 1. The van der Waals surface area contributed by atoms with E-state index in [1.165, 1.54) is 0 Å². The summed E-state index contributed by atoms with van der Waals surface area (Å²) in [6.07, 6.45) is 2.20. The van der Waals surface area contributed by atoms with E-state index in [2.05, 4.69) is 36.1 Å². The molecule has 1 aromatic rings. The van der Waals surface area contributed by atoms with Crippen LogP contribution in [0.15, 0.2) is 12.3 Å². The molecule has 0 aliphatic heterocycles. The highest BCUT2D eigenvalue weighted by Gasteiger charge is 2.21. The van der Waals surface area contributed by atoms with E-state index < -0.39 is 12.0 Å². The van der Waals surface area contributed by atoms with Gasteiger partial charge in [-0.3, -0.25) is 0 Å². The predicted molar refractivity (Wildman–Crippen MR) is 75.2 cm³/mol. The molecule has 106 valence electrons. The topological polar surface area (TPSA) is 75.1 Å². The van der Waals surface area contributed by atoms with Crippen LogP contribution in [0.4, 0.5) is 5.95 Å². The van der Waals surface area contributed by atoms with Gasteiger partial charge in [0.05, 0.1) is 5.69 Å². The maximum atomic E-state index is 11.2. The molecule has 0 saturated carbocycles. The first-order valence-electron chi connectivity index (χ1n) is 6.53. The zero-order chi connectivity index (χ0) is 14.6. The highest BCUT2D eigenvalue weighted by molar-refractivity contribution is 5.76. The van der Waals surface area contributed by atoms with Crippen LogP contribution in [-0.4, -0.2) is 27.1 Å². The molecular formula is C14H23N3O2. The van der Waals surface area contributed by atoms with Gasteiger partial charge in [0, 0.05) is 11.6 Å². The molecule has 1 rings (SSSR count). The Morgan fingerprint density at radius 2 is 2.05 bits per heavy atom. The van der Waals surface area contributed by atoms with Crippen LogP contribution < -0.4 is 5.32 Å². The smallest absolute Gasteiger partial charge is 0.326 e. The molecule has 0 aliphatic carbocycles. The summed E-state index contributed by atoms with van der Waals surface area (Å²) in [6, 6.07) is 1.19. The van der Waals surface area contributed by atoms with Gasteiger partial charge in [-0.15, -0.1) is 0 Å². The Morgan fingerprint density at radius 1 is 1.42 bits per heavy atom. The molecule has 1 aromatic heterocycles. The Labute approximate surface area is 114 Å². The summed E-state index contributed by atoms with van der Waals surface area (Å²) in [4.78, 5) is 19.7. The van der Waals surface area contributed by atoms with Gasteiger partial charge in [0.1, 0.15) is 6.04 Å². The summed E-state index contributed by atoms with van der Waals surface area (Å²) >= 11 is 0. The number of hydrogen-bond donors (Lipinski definition) is 2. The number of nitrogens with one attached hydrogen (secondary N) is 1. The maximum absolute atomic E-state index is 11.2. The Bertz CT molecular complexity index is 439. The zero-order valence-corrected chi connectivity index (χ0v) is 12.3. The molecule has 0 unspecified atom stereocenters. The van der Waals surface area contributed by atoms with Gasteiger partial charge in [0.2, 0.25) is 5.95 Å². The summed E-state index contributed by atoms with van der Waals surface area (Å²) in [5.41, 5.74) is 0.801. The molecule has 2 N–H and O–H groups in total. The van der Waals surface area contributed by atoms with Gasteiger partial charge in [-0.2, -0.15) is 0 Å².